The molecule has 1 unspecified atom stereocenters. The van der Waals surface area contributed by atoms with Gasteiger partial charge in [0.05, 0.1) is 25.8 Å². The minimum absolute atomic E-state index is 0.0427. The van der Waals surface area contributed by atoms with E-state index in [0.29, 0.717) is 17.6 Å². The van der Waals surface area contributed by atoms with E-state index in [4.69, 9.17) is 5.11 Å². The first-order valence-electron chi connectivity index (χ1n) is 10.1. The summed E-state index contributed by atoms with van der Waals surface area (Å²) in [6.07, 6.45) is 17.7. The Labute approximate surface area is 153 Å². The van der Waals surface area contributed by atoms with Crippen molar-refractivity contribution >= 4 is 11.8 Å². The van der Waals surface area contributed by atoms with Crippen LogP contribution in [0.3, 0.4) is 0 Å². The van der Waals surface area contributed by atoms with E-state index in [1.807, 2.05) is 6.20 Å². The fourth-order valence-corrected chi connectivity index (χ4v) is 3.50. The summed E-state index contributed by atoms with van der Waals surface area (Å²) in [6.45, 7) is 3.28. The highest BCUT2D eigenvalue weighted by Gasteiger charge is 2.34. The Hall–Kier alpha value is -1.20. The van der Waals surface area contributed by atoms with Crippen molar-refractivity contribution in [3.63, 3.8) is 0 Å². The molecule has 0 spiro atoms. The van der Waals surface area contributed by atoms with Gasteiger partial charge < -0.3 is 10.2 Å². The molecular weight excluding hydrogens is 316 g/mol. The summed E-state index contributed by atoms with van der Waals surface area (Å²) in [5, 5.41) is 18.3. The highest BCUT2D eigenvalue weighted by molar-refractivity contribution is 5.78. The number of hydrogen-bond acceptors (Lipinski definition) is 3. The van der Waals surface area contributed by atoms with Crippen LogP contribution in [0, 0.1) is 0 Å². The van der Waals surface area contributed by atoms with Gasteiger partial charge in [0.2, 0.25) is 5.84 Å². The summed E-state index contributed by atoms with van der Waals surface area (Å²) in [7, 11) is 0. The fraction of sp³-hybridized carbons (Fsp3) is 0.800. The molecule has 0 aromatic carbocycles. The Morgan fingerprint density at radius 1 is 1.00 bits per heavy atom. The second-order valence-corrected chi connectivity index (χ2v) is 7.12. The second kappa shape index (κ2) is 13.1. The number of unbranched alkanes of at least 4 members (excludes halogenated alkanes) is 9. The SMILES string of the molecule is CCCCCCCCCCCCC1=NC=C[N+]1(CCO)CCC(=O)O. The third-order valence-electron chi connectivity index (χ3n) is 5.07. The van der Waals surface area contributed by atoms with Crippen LogP contribution in [-0.4, -0.2) is 46.2 Å². The monoisotopic (exact) mass is 353 g/mol. The van der Waals surface area contributed by atoms with Gasteiger partial charge in [0.15, 0.2) is 0 Å². The zero-order valence-electron chi connectivity index (χ0n) is 16.0. The summed E-state index contributed by atoms with van der Waals surface area (Å²) >= 11 is 0. The summed E-state index contributed by atoms with van der Waals surface area (Å²) < 4.78 is 0.417. The summed E-state index contributed by atoms with van der Waals surface area (Å²) in [5.74, 6) is 0.212. The Balaban J connectivity index is 2.21. The molecule has 5 heteroatoms. The van der Waals surface area contributed by atoms with Crippen LogP contribution in [-0.2, 0) is 4.79 Å². The first kappa shape index (κ1) is 21.8. The molecule has 0 saturated carbocycles. The van der Waals surface area contributed by atoms with Gasteiger partial charge in [0, 0.05) is 6.42 Å². The molecule has 1 atom stereocenters. The van der Waals surface area contributed by atoms with Gasteiger partial charge in [-0.05, 0) is 6.42 Å². The largest absolute Gasteiger partial charge is 0.481 e. The summed E-state index contributed by atoms with van der Waals surface area (Å²) in [5.41, 5.74) is 0. The lowest BCUT2D eigenvalue weighted by Gasteiger charge is -2.31. The molecule has 0 bridgehead atoms. The number of aliphatic imine (C=N–C) groups is 1. The quantitative estimate of drug-likeness (QED) is 0.318. The first-order valence-corrected chi connectivity index (χ1v) is 10.1. The first-order chi connectivity index (χ1) is 12.1. The number of hydrogen-bond donors (Lipinski definition) is 2. The maximum Gasteiger partial charge on any atom is 0.309 e. The third kappa shape index (κ3) is 8.63. The van der Waals surface area contributed by atoms with Crippen molar-refractivity contribution in [1.29, 1.82) is 0 Å². The lowest BCUT2D eigenvalue weighted by Crippen LogP contribution is -2.49. The van der Waals surface area contributed by atoms with Crippen LogP contribution in [0.4, 0.5) is 0 Å². The number of nitrogens with zero attached hydrogens (tertiary/aromatic N) is 2. The predicted octanol–water partition coefficient (Wildman–Crippen LogP) is 4.46. The zero-order valence-corrected chi connectivity index (χ0v) is 16.0. The topological polar surface area (TPSA) is 69.9 Å². The van der Waals surface area contributed by atoms with Gasteiger partial charge in [-0.1, -0.05) is 64.7 Å². The minimum Gasteiger partial charge on any atom is -0.481 e. The lowest BCUT2D eigenvalue weighted by molar-refractivity contribution is -0.787. The van der Waals surface area contributed by atoms with Crippen molar-refractivity contribution in [3.8, 4) is 0 Å². The van der Waals surface area contributed by atoms with Gasteiger partial charge in [-0.2, -0.15) is 0 Å². The summed E-state index contributed by atoms with van der Waals surface area (Å²) in [4.78, 5) is 15.4. The maximum atomic E-state index is 10.9. The highest BCUT2D eigenvalue weighted by Crippen LogP contribution is 2.22. The number of carbonyl (C=O) groups is 1. The number of carboxylic acid groups (broad SMARTS) is 1. The number of aliphatic carboxylic acids is 1. The van der Waals surface area contributed by atoms with Crippen LogP contribution in [0.1, 0.15) is 84.0 Å². The molecule has 1 heterocycles. The van der Waals surface area contributed by atoms with Gasteiger partial charge in [-0.3, -0.25) is 4.79 Å². The number of aliphatic hydroxyl groups is 1. The van der Waals surface area contributed by atoms with E-state index in [1.54, 1.807) is 6.20 Å². The number of amidine groups is 1. The van der Waals surface area contributed by atoms with E-state index in [0.717, 1.165) is 18.7 Å². The molecule has 144 valence electrons. The minimum atomic E-state index is -0.797. The molecule has 2 N–H and O–H groups in total. The number of aliphatic hydroxyl groups excluding tert-OH is 1. The Morgan fingerprint density at radius 3 is 2.16 bits per heavy atom. The molecule has 0 radical (unpaired) electrons. The fourth-order valence-electron chi connectivity index (χ4n) is 3.50. The average Bonchev–Trinajstić information content (AvgIpc) is 2.98. The van der Waals surface area contributed by atoms with Crippen molar-refractivity contribution in [2.24, 2.45) is 4.99 Å². The van der Waals surface area contributed by atoms with Crippen molar-refractivity contribution in [2.45, 2.75) is 84.0 Å². The van der Waals surface area contributed by atoms with Gasteiger partial charge in [0.1, 0.15) is 12.7 Å². The molecule has 0 amide bonds. The van der Waals surface area contributed by atoms with Crippen LogP contribution in [0.15, 0.2) is 17.4 Å². The van der Waals surface area contributed by atoms with Crippen LogP contribution in [0.5, 0.6) is 0 Å². The number of rotatable bonds is 16. The second-order valence-electron chi connectivity index (χ2n) is 7.12. The lowest BCUT2D eigenvalue weighted by atomic mass is 10.1. The average molecular weight is 354 g/mol. The van der Waals surface area contributed by atoms with Gasteiger partial charge >= 0.3 is 5.97 Å². The molecule has 0 fully saturated rings. The number of carboxylic acids is 1. The summed E-state index contributed by atoms with van der Waals surface area (Å²) in [6, 6.07) is 0. The smallest absolute Gasteiger partial charge is 0.309 e. The molecule has 5 nitrogen and oxygen atoms in total. The number of quaternary nitrogens is 1. The Morgan fingerprint density at radius 2 is 1.60 bits per heavy atom. The van der Waals surface area contributed by atoms with E-state index in [-0.39, 0.29) is 13.0 Å². The maximum absolute atomic E-state index is 10.9. The van der Waals surface area contributed by atoms with Crippen LogP contribution < -0.4 is 0 Å². The molecule has 0 aromatic heterocycles. The third-order valence-corrected chi connectivity index (χ3v) is 5.07. The molecule has 1 aliphatic heterocycles. The normalized spacial score (nSPS) is 19.4. The Bertz CT molecular complexity index is 435. The van der Waals surface area contributed by atoms with Gasteiger partial charge in [-0.15, -0.1) is 0 Å². The van der Waals surface area contributed by atoms with Gasteiger partial charge in [0.25, 0.3) is 0 Å². The molecule has 0 saturated heterocycles. The van der Waals surface area contributed by atoms with Crippen molar-refractivity contribution in [3.05, 3.63) is 12.4 Å². The van der Waals surface area contributed by atoms with Crippen molar-refractivity contribution in [1.82, 2.24) is 0 Å². The van der Waals surface area contributed by atoms with E-state index >= 15 is 0 Å². The standard InChI is InChI=1S/C20H36N2O3/c1-2-3-4-5-6-7-8-9-10-11-12-19-21-14-16-22(19,17-18-23)15-13-20(24)25/h14,16,23H,2-13,15,17-18H2,1H3/p+1. The molecule has 0 aliphatic carbocycles. The molecule has 25 heavy (non-hydrogen) atoms. The molecular formula is C20H37N2O3+. The van der Waals surface area contributed by atoms with E-state index < -0.39 is 5.97 Å². The van der Waals surface area contributed by atoms with E-state index in [1.165, 1.54) is 57.8 Å². The van der Waals surface area contributed by atoms with Crippen molar-refractivity contribution in [2.75, 3.05) is 19.7 Å². The van der Waals surface area contributed by atoms with Crippen LogP contribution >= 0.6 is 0 Å². The van der Waals surface area contributed by atoms with E-state index in [9.17, 15) is 9.90 Å². The molecule has 1 rings (SSSR count). The highest BCUT2D eigenvalue weighted by atomic mass is 16.4. The predicted molar refractivity (Wildman–Crippen MR) is 102 cm³/mol. The van der Waals surface area contributed by atoms with Crippen LogP contribution in [0.25, 0.3) is 0 Å². The van der Waals surface area contributed by atoms with E-state index in [2.05, 4.69) is 11.9 Å². The van der Waals surface area contributed by atoms with Crippen molar-refractivity contribution < 1.29 is 19.5 Å². The molecule has 1 aliphatic rings. The van der Waals surface area contributed by atoms with Crippen LogP contribution in [0.2, 0.25) is 0 Å². The molecule has 0 aromatic rings. The Kier molecular flexibility index (Phi) is 11.4. The zero-order chi connectivity index (χ0) is 18.4. The van der Waals surface area contributed by atoms with Gasteiger partial charge in [-0.25, -0.2) is 9.48 Å².